The summed E-state index contributed by atoms with van der Waals surface area (Å²) in [7, 11) is -3.72. The highest BCUT2D eigenvalue weighted by Crippen LogP contribution is 2.27. The van der Waals surface area contributed by atoms with Crippen LogP contribution in [0.1, 0.15) is 31.2 Å². The van der Waals surface area contributed by atoms with Crippen molar-refractivity contribution >= 4 is 10.0 Å². The molecule has 0 aliphatic carbocycles. The zero-order valence-electron chi connectivity index (χ0n) is 11.3. The molecule has 21 heavy (non-hydrogen) atoms. The number of halogens is 1. The quantitative estimate of drug-likeness (QED) is 0.880. The molecule has 2 heterocycles. The van der Waals surface area contributed by atoms with Gasteiger partial charge in [0.1, 0.15) is 11.9 Å². The van der Waals surface area contributed by atoms with E-state index in [1.165, 1.54) is 6.07 Å². The fourth-order valence-corrected chi connectivity index (χ4v) is 4.49. The van der Waals surface area contributed by atoms with Crippen LogP contribution in [-0.2, 0) is 10.0 Å². The first kappa shape index (κ1) is 14.4. The first-order chi connectivity index (χ1) is 9.98. The van der Waals surface area contributed by atoms with Gasteiger partial charge in [0, 0.05) is 18.1 Å². The zero-order valence-corrected chi connectivity index (χ0v) is 12.2. The predicted octanol–water partition coefficient (Wildman–Crippen LogP) is 1.26. The number of benzene rings is 1. The van der Waals surface area contributed by atoms with Gasteiger partial charge in [0.15, 0.2) is 0 Å². The summed E-state index contributed by atoms with van der Waals surface area (Å²) in [5.74, 6) is -0.712. The molecule has 2 unspecified atom stereocenters. The summed E-state index contributed by atoms with van der Waals surface area (Å²) in [4.78, 5) is -0.0636. The van der Waals surface area contributed by atoms with Gasteiger partial charge in [0.2, 0.25) is 10.0 Å². The van der Waals surface area contributed by atoms with Crippen LogP contribution in [-0.4, -0.2) is 26.5 Å². The van der Waals surface area contributed by atoms with E-state index in [4.69, 9.17) is 5.26 Å². The van der Waals surface area contributed by atoms with E-state index >= 15 is 0 Å². The third-order valence-corrected chi connectivity index (χ3v) is 5.68. The van der Waals surface area contributed by atoms with Crippen molar-refractivity contribution in [3.05, 3.63) is 29.6 Å². The van der Waals surface area contributed by atoms with E-state index in [1.807, 2.05) is 0 Å². The molecule has 7 heteroatoms. The smallest absolute Gasteiger partial charge is 0.240 e. The van der Waals surface area contributed by atoms with E-state index < -0.39 is 15.8 Å². The summed E-state index contributed by atoms with van der Waals surface area (Å²) >= 11 is 0. The molecule has 1 aromatic rings. The molecule has 2 N–H and O–H groups in total. The number of nitrogens with one attached hydrogen (secondary N) is 2. The van der Waals surface area contributed by atoms with Gasteiger partial charge in [-0.25, -0.2) is 17.5 Å². The fraction of sp³-hybridized carbons (Fsp3) is 0.500. The second kappa shape index (κ2) is 5.37. The Labute approximate surface area is 123 Å². The maximum Gasteiger partial charge on any atom is 0.240 e. The van der Waals surface area contributed by atoms with Crippen LogP contribution in [0, 0.1) is 17.1 Å². The predicted molar refractivity (Wildman–Crippen MR) is 74.4 cm³/mol. The molecule has 2 aliphatic heterocycles. The summed E-state index contributed by atoms with van der Waals surface area (Å²) in [6.45, 7) is 0. The Kier molecular flexibility index (Phi) is 3.69. The lowest BCUT2D eigenvalue weighted by molar-refractivity contribution is 0.345. The van der Waals surface area contributed by atoms with Crippen molar-refractivity contribution < 1.29 is 12.8 Å². The van der Waals surface area contributed by atoms with Gasteiger partial charge in [0.05, 0.1) is 10.5 Å². The summed E-state index contributed by atoms with van der Waals surface area (Å²) in [5.41, 5.74) is -0.261. The van der Waals surface area contributed by atoms with Gasteiger partial charge < -0.3 is 5.32 Å². The van der Waals surface area contributed by atoms with E-state index in [0.717, 1.165) is 37.8 Å². The minimum Gasteiger partial charge on any atom is -0.311 e. The average Bonchev–Trinajstić information content (AvgIpc) is 2.78. The maximum absolute atomic E-state index is 13.3. The summed E-state index contributed by atoms with van der Waals surface area (Å²) in [6.07, 6.45) is 3.69. The van der Waals surface area contributed by atoms with Crippen LogP contribution in [0.15, 0.2) is 23.1 Å². The number of nitrogens with zero attached hydrogens (tertiary/aromatic N) is 1. The molecular formula is C14H16FN3O2S. The summed E-state index contributed by atoms with van der Waals surface area (Å²) in [6, 6.07) is 5.58. The van der Waals surface area contributed by atoms with Crippen LogP contribution in [0.4, 0.5) is 4.39 Å². The monoisotopic (exact) mass is 309 g/mol. The second-order valence-electron chi connectivity index (χ2n) is 5.68. The number of hydrogen-bond donors (Lipinski definition) is 2. The molecule has 0 spiro atoms. The molecule has 1 aromatic carbocycles. The molecule has 0 radical (unpaired) electrons. The molecule has 0 amide bonds. The average molecular weight is 309 g/mol. The molecule has 112 valence electrons. The Hall–Kier alpha value is -1.49. The van der Waals surface area contributed by atoms with Gasteiger partial charge in [-0.15, -0.1) is 0 Å². The Bertz CT molecular complexity index is 687. The van der Waals surface area contributed by atoms with Gasteiger partial charge in [-0.1, -0.05) is 0 Å². The minimum atomic E-state index is -3.72. The van der Waals surface area contributed by atoms with Crippen molar-refractivity contribution in [3.63, 3.8) is 0 Å². The number of rotatable bonds is 3. The molecule has 0 saturated carbocycles. The van der Waals surface area contributed by atoms with Crippen LogP contribution >= 0.6 is 0 Å². The van der Waals surface area contributed by atoms with Crippen molar-refractivity contribution in [2.24, 2.45) is 0 Å². The van der Waals surface area contributed by atoms with Crippen molar-refractivity contribution in [3.8, 4) is 6.07 Å². The third-order valence-electron chi connectivity index (χ3n) is 4.16. The van der Waals surface area contributed by atoms with Gasteiger partial charge in [0.25, 0.3) is 0 Å². The molecule has 2 atom stereocenters. The van der Waals surface area contributed by atoms with E-state index in [2.05, 4.69) is 10.0 Å². The van der Waals surface area contributed by atoms with Crippen LogP contribution in [0.2, 0.25) is 0 Å². The Morgan fingerprint density at radius 3 is 2.57 bits per heavy atom. The molecule has 3 rings (SSSR count). The molecular weight excluding hydrogens is 293 g/mol. The van der Waals surface area contributed by atoms with Crippen LogP contribution in [0.25, 0.3) is 0 Å². The molecule has 2 fully saturated rings. The van der Waals surface area contributed by atoms with Gasteiger partial charge >= 0.3 is 0 Å². The van der Waals surface area contributed by atoms with E-state index in [1.54, 1.807) is 6.07 Å². The summed E-state index contributed by atoms with van der Waals surface area (Å²) in [5, 5.41) is 12.2. The van der Waals surface area contributed by atoms with E-state index in [-0.39, 0.29) is 16.5 Å². The van der Waals surface area contributed by atoms with Crippen molar-refractivity contribution in [2.45, 2.75) is 48.7 Å². The number of sulfonamides is 1. The van der Waals surface area contributed by atoms with Gasteiger partial charge in [-0.2, -0.15) is 5.26 Å². The second-order valence-corrected chi connectivity index (χ2v) is 7.39. The Morgan fingerprint density at radius 1 is 1.29 bits per heavy atom. The van der Waals surface area contributed by atoms with Crippen LogP contribution in [0.3, 0.4) is 0 Å². The highest BCUT2D eigenvalue weighted by atomic mass is 32.2. The molecule has 2 saturated heterocycles. The van der Waals surface area contributed by atoms with Crippen molar-refractivity contribution in [2.75, 3.05) is 0 Å². The van der Waals surface area contributed by atoms with E-state index in [0.29, 0.717) is 12.1 Å². The van der Waals surface area contributed by atoms with Crippen LogP contribution in [0.5, 0.6) is 0 Å². The third kappa shape index (κ3) is 2.93. The van der Waals surface area contributed by atoms with E-state index in [9.17, 15) is 12.8 Å². The van der Waals surface area contributed by atoms with Gasteiger partial charge in [-0.3, -0.25) is 0 Å². The van der Waals surface area contributed by atoms with Crippen molar-refractivity contribution in [1.82, 2.24) is 10.0 Å². The lowest BCUT2D eigenvalue weighted by Gasteiger charge is -2.29. The first-order valence-electron chi connectivity index (χ1n) is 6.96. The number of piperidine rings is 1. The highest BCUT2D eigenvalue weighted by molar-refractivity contribution is 7.89. The first-order valence-corrected chi connectivity index (χ1v) is 8.44. The highest BCUT2D eigenvalue weighted by Gasteiger charge is 2.35. The maximum atomic E-state index is 13.3. The Morgan fingerprint density at radius 2 is 1.95 bits per heavy atom. The minimum absolute atomic E-state index is 0.0636. The number of hydrogen-bond acceptors (Lipinski definition) is 4. The lowest BCUT2D eigenvalue weighted by atomic mass is 10.0. The molecule has 5 nitrogen and oxygen atoms in total. The largest absolute Gasteiger partial charge is 0.311 e. The normalized spacial score (nSPS) is 28.3. The fourth-order valence-electron chi connectivity index (χ4n) is 3.20. The molecule has 2 aliphatic rings. The van der Waals surface area contributed by atoms with Crippen LogP contribution < -0.4 is 10.0 Å². The molecule has 0 aromatic heterocycles. The standard InChI is InChI=1S/C14H16FN3O2S/c15-14-4-3-13(5-9(14)8-16)21(19,20)18-12-6-10-1-2-11(7-12)17-10/h3-5,10-12,17-18H,1-2,6-7H2. The number of fused-ring (bicyclic) bond motifs is 2. The topological polar surface area (TPSA) is 82.0 Å². The zero-order chi connectivity index (χ0) is 15.0. The lowest BCUT2D eigenvalue weighted by Crippen LogP contribution is -2.47. The SMILES string of the molecule is N#Cc1cc(S(=O)(=O)NC2CC3CCC(C2)N3)ccc1F. The molecule has 2 bridgehead atoms. The number of nitriles is 1. The Balaban J connectivity index is 1.79. The van der Waals surface area contributed by atoms with Crippen molar-refractivity contribution in [1.29, 1.82) is 5.26 Å². The van der Waals surface area contributed by atoms with Gasteiger partial charge in [-0.05, 0) is 43.9 Å². The summed E-state index contributed by atoms with van der Waals surface area (Å²) < 4.78 is 40.7.